The highest BCUT2D eigenvalue weighted by atomic mass is 16.5. The number of carbonyl (C=O) groups is 3. The average molecular weight is 658 g/mol. The number of aliphatic hydroxyl groups is 2. The molecule has 0 aliphatic rings. The van der Waals surface area contributed by atoms with Gasteiger partial charge in [0.15, 0.2) is 5.78 Å². The van der Waals surface area contributed by atoms with Gasteiger partial charge in [0.2, 0.25) is 0 Å². The van der Waals surface area contributed by atoms with Crippen molar-refractivity contribution in [3.05, 3.63) is 71.1 Å². The molecular formula is C37H59N3O7. The third-order valence-corrected chi connectivity index (χ3v) is 6.41. The van der Waals surface area contributed by atoms with Gasteiger partial charge in [0.05, 0.1) is 30.2 Å². The first-order chi connectivity index (χ1) is 22.0. The van der Waals surface area contributed by atoms with E-state index in [2.05, 4.69) is 81.5 Å². The van der Waals surface area contributed by atoms with Gasteiger partial charge >= 0.3 is 0 Å². The van der Waals surface area contributed by atoms with Crippen LogP contribution in [-0.2, 0) is 30.3 Å². The molecule has 10 nitrogen and oxygen atoms in total. The van der Waals surface area contributed by atoms with Crippen molar-refractivity contribution >= 4 is 34.6 Å². The minimum atomic E-state index is -1.36. The Morgan fingerprint density at radius 2 is 1.68 bits per heavy atom. The summed E-state index contributed by atoms with van der Waals surface area (Å²) in [6.07, 6.45) is 4.33. The molecule has 0 atom stereocenters. The van der Waals surface area contributed by atoms with Gasteiger partial charge in [-0.2, -0.15) is 0 Å². The quantitative estimate of drug-likeness (QED) is 0.0710. The number of ketones is 1. The summed E-state index contributed by atoms with van der Waals surface area (Å²) in [5.41, 5.74) is 4.70. The lowest BCUT2D eigenvalue weighted by molar-refractivity contribution is -0.136. The molecule has 10 heteroatoms. The molecule has 0 fully saturated rings. The molecule has 0 saturated carbocycles. The molecule has 0 saturated heterocycles. The molecule has 0 radical (unpaired) electrons. The largest absolute Gasteiger partial charge is 0.513 e. The zero-order valence-corrected chi connectivity index (χ0v) is 30.5. The molecule has 264 valence electrons. The lowest BCUT2D eigenvalue weighted by Gasteiger charge is -2.16. The Morgan fingerprint density at radius 1 is 1.11 bits per heavy atom. The van der Waals surface area contributed by atoms with E-state index in [-0.39, 0.29) is 18.1 Å². The first-order valence-corrected chi connectivity index (χ1v) is 15.8. The summed E-state index contributed by atoms with van der Waals surface area (Å²) in [7, 11) is 5.73. The zero-order valence-electron chi connectivity index (χ0n) is 30.5. The van der Waals surface area contributed by atoms with Crippen molar-refractivity contribution in [3.63, 3.8) is 0 Å². The average Bonchev–Trinajstić information content (AvgIpc) is 3.01. The molecule has 0 spiro atoms. The van der Waals surface area contributed by atoms with E-state index < -0.39 is 11.5 Å². The number of hydrogen-bond acceptors (Lipinski definition) is 9. The molecule has 0 bridgehead atoms. The number of methoxy groups -OCH3 is 1. The second-order valence-corrected chi connectivity index (χ2v) is 11.5. The van der Waals surface area contributed by atoms with Gasteiger partial charge in [-0.3, -0.25) is 14.4 Å². The monoisotopic (exact) mass is 657 g/mol. The summed E-state index contributed by atoms with van der Waals surface area (Å²) in [5, 5.41) is 20.7. The van der Waals surface area contributed by atoms with Crippen molar-refractivity contribution in [2.24, 2.45) is 0 Å². The number of aryl methyl sites for hydroxylation is 1. The summed E-state index contributed by atoms with van der Waals surface area (Å²) < 4.78 is 9.62. The highest BCUT2D eigenvalue weighted by molar-refractivity contribution is 5.95. The molecule has 3 N–H and O–H groups in total. The predicted molar refractivity (Wildman–Crippen MR) is 192 cm³/mol. The molecule has 1 heterocycles. The van der Waals surface area contributed by atoms with Crippen molar-refractivity contribution in [2.45, 2.75) is 80.3 Å². The minimum Gasteiger partial charge on any atom is -0.513 e. The van der Waals surface area contributed by atoms with Crippen molar-refractivity contribution < 1.29 is 34.1 Å². The second-order valence-electron chi connectivity index (χ2n) is 11.5. The first-order valence-electron chi connectivity index (χ1n) is 15.8. The Bertz CT molecular complexity index is 1300. The van der Waals surface area contributed by atoms with Crippen molar-refractivity contribution in [1.82, 2.24) is 15.2 Å². The molecule has 1 aromatic heterocycles. The predicted octanol–water partition coefficient (Wildman–Crippen LogP) is 6.23. The number of hydrogen-bond donors (Lipinski definition) is 3. The zero-order chi connectivity index (χ0) is 36.6. The van der Waals surface area contributed by atoms with Crippen LogP contribution in [0.1, 0.15) is 79.5 Å². The molecule has 2 rings (SSSR count). The summed E-state index contributed by atoms with van der Waals surface area (Å²) >= 11 is 0. The van der Waals surface area contributed by atoms with E-state index in [0.717, 1.165) is 52.7 Å². The fraction of sp³-hybridized carbons (Fsp3) is 0.514. The van der Waals surface area contributed by atoms with Crippen LogP contribution in [0.4, 0.5) is 0 Å². The molecule has 0 aliphatic heterocycles. The number of amides is 1. The van der Waals surface area contributed by atoms with Gasteiger partial charge in [0.1, 0.15) is 5.60 Å². The Hall–Kier alpha value is -3.86. The Morgan fingerprint density at radius 3 is 2.13 bits per heavy atom. The van der Waals surface area contributed by atoms with E-state index >= 15 is 0 Å². The number of rotatable bonds is 14. The number of ether oxygens (including phenoxy) is 2. The number of allylic oxidation sites excluding steroid dienone is 4. The molecule has 1 aromatic carbocycles. The van der Waals surface area contributed by atoms with Crippen LogP contribution in [0.5, 0.6) is 0 Å². The van der Waals surface area contributed by atoms with Gasteiger partial charge in [0, 0.05) is 24.6 Å². The highest BCUT2D eigenvalue weighted by Crippen LogP contribution is 2.25. The number of nitrogens with one attached hydrogen (secondary N) is 1. The third-order valence-electron chi connectivity index (χ3n) is 6.41. The molecule has 47 heavy (non-hydrogen) atoms. The molecule has 1 amide bonds. The van der Waals surface area contributed by atoms with E-state index in [4.69, 9.17) is 14.8 Å². The number of aliphatic hydroxyl groups excluding tert-OH is 1. The van der Waals surface area contributed by atoms with Gasteiger partial charge in [-0.25, -0.2) is 4.98 Å². The van der Waals surface area contributed by atoms with Crippen molar-refractivity contribution in [3.8, 4) is 0 Å². The number of nitrogens with zero attached hydrogens (tertiary/aromatic N) is 2. The van der Waals surface area contributed by atoms with Crippen LogP contribution in [0, 0.1) is 0 Å². The topological polar surface area (TPSA) is 138 Å². The van der Waals surface area contributed by atoms with Crippen molar-refractivity contribution in [2.75, 3.05) is 47.5 Å². The summed E-state index contributed by atoms with van der Waals surface area (Å²) in [6, 6.07) is 10.4. The molecular weight excluding hydrogens is 598 g/mol. The Labute approximate surface area is 282 Å². The lowest BCUT2D eigenvalue weighted by atomic mass is 9.97. The van der Waals surface area contributed by atoms with E-state index in [1.54, 1.807) is 14.0 Å². The van der Waals surface area contributed by atoms with Crippen LogP contribution in [0.15, 0.2) is 59.9 Å². The van der Waals surface area contributed by atoms with Crippen LogP contribution in [0.25, 0.3) is 16.5 Å². The second kappa shape index (κ2) is 25.3. The lowest BCUT2D eigenvalue weighted by Crippen LogP contribution is -2.42. The van der Waals surface area contributed by atoms with Gasteiger partial charge in [-0.05, 0) is 103 Å². The smallest absolute Gasteiger partial charge is 0.293 e. The number of para-hydroxylation sites is 1. The maximum atomic E-state index is 12.0. The Kier molecular flexibility index (Phi) is 24.3. The van der Waals surface area contributed by atoms with E-state index in [0.29, 0.717) is 26.0 Å². The maximum absolute atomic E-state index is 12.0. The number of pyridine rings is 1. The van der Waals surface area contributed by atoms with Gasteiger partial charge in [0.25, 0.3) is 12.4 Å². The highest BCUT2D eigenvalue weighted by Gasteiger charge is 2.22. The van der Waals surface area contributed by atoms with E-state index in [1.807, 2.05) is 18.2 Å². The standard InChI is InChI=1S/C22H27NO2.C8H15NO4.C4H11N.C3H6O/c1-6-17(20(14-25-5)16(4)24)12-15(3)22-18(7-2)13-19-10-8-9-11-21(19)23-22;1-8(2,12)7(11)9-4-3-5-13-6-10;1-4-5(2)3;1-3(2)4/h8-13H,6-7,14H2,1-5H3;6,12H,3-5H2,1-2H3,(H,9,11);4H2,1-3H3;4H,1H2,2H3/b15-12+,20-17-;;;. The first kappa shape index (κ1) is 45.3. The van der Waals surface area contributed by atoms with Crippen LogP contribution in [-0.4, -0.2) is 91.4 Å². The maximum Gasteiger partial charge on any atom is 0.293 e. The fourth-order valence-corrected chi connectivity index (χ4v) is 3.69. The third kappa shape index (κ3) is 20.8. The van der Waals surface area contributed by atoms with Gasteiger partial charge in [-0.1, -0.05) is 51.6 Å². The molecule has 2 aromatic rings. The number of benzene rings is 1. The number of fused-ring (bicyclic) bond motifs is 1. The summed E-state index contributed by atoms with van der Waals surface area (Å²) in [4.78, 5) is 39.7. The Balaban J connectivity index is 0. The van der Waals surface area contributed by atoms with Gasteiger partial charge in [-0.15, -0.1) is 0 Å². The summed E-state index contributed by atoms with van der Waals surface area (Å²) in [5.74, 6) is -0.205. The minimum absolute atomic E-state index is 0.0601. The number of Topliss-reactive ketones (excluding diaryl/α,β-unsaturated/α-hetero) is 1. The van der Waals surface area contributed by atoms with E-state index in [1.165, 1.54) is 26.3 Å². The number of carbonyl (C=O) groups excluding carboxylic acids is 3. The van der Waals surface area contributed by atoms with Crippen LogP contribution in [0.3, 0.4) is 0 Å². The summed E-state index contributed by atoms with van der Waals surface area (Å²) in [6.45, 7) is 19.9. The van der Waals surface area contributed by atoms with Crippen molar-refractivity contribution in [1.29, 1.82) is 0 Å². The van der Waals surface area contributed by atoms with Crippen LogP contribution < -0.4 is 5.32 Å². The van der Waals surface area contributed by atoms with Crippen LogP contribution in [0.2, 0.25) is 0 Å². The van der Waals surface area contributed by atoms with Crippen LogP contribution >= 0.6 is 0 Å². The normalized spacial score (nSPS) is 11.5. The van der Waals surface area contributed by atoms with Gasteiger partial charge < -0.3 is 29.9 Å². The molecule has 0 aliphatic carbocycles. The van der Waals surface area contributed by atoms with E-state index in [9.17, 15) is 19.5 Å². The molecule has 0 unspecified atom stereocenters. The SMILES string of the molecule is C=C(C)O.CC(C)(O)C(=O)NCCCOC=O.CCC(/C=C(\C)c1nc2ccccc2cc1CC)=C(\COC)C(C)=O.CCN(C)C. The number of aromatic nitrogens is 1. The fourth-order valence-electron chi connectivity index (χ4n) is 3.69.